The Bertz CT molecular complexity index is 808. The molecule has 1 atom stereocenters. The maximum Gasteiger partial charge on any atom is 0.229 e. The lowest BCUT2D eigenvalue weighted by atomic mass is 10.1. The minimum absolute atomic E-state index is 0.0967. The third kappa shape index (κ3) is 3.89. The van der Waals surface area contributed by atoms with Gasteiger partial charge in [-0.1, -0.05) is 23.2 Å². The van der Waals surface area contributed by atoms with E-state index in [1.54, 1.807) is 47.4 Å². The molecular formula is C18H16Cl2N2O3. The molecule has 2 aromatic rings. The van der Waals surface area contributed by atoms with E-state index in [-0.39, 0.29) is 18.2 Å². The number of anilines is 2. The van der Waals surface area contributed by atoms with Gasteiger partial charge in [0.15, 0.2) is 0 Å². The summed E-state index contributed by atoms with van der Waals surface area (Å²) in [5.74, 6) is -0.283. The second-order valence-corrected chi connectivity index (χ2v) is 6.59. The van der Waals surface area contributed by atoms with Crippen LogP contribution in [0.25, 0.3) is 0 Å². The van der Waals surface area contributed by atoms with Crippen molar-refractivity contribution in [2.45, 2.75) is 6.42 Å². The van der Waals surface area contributed by atoms with Gasteiger partial charge in [0.25, 0.3) is 0 Å². The van der Waals surface area contributed by atoms with Gasteiger partial charge < -0.3 is 15.0 Å². The highest BCUT2D eigenvalue weighted by molar-refractivity contribution is 6.31. The van der Waals surface area contributed by atoms with Crippen molar-refractivity contribution in [2.75, 3.05) is 23.9 Å². The van der Waals surface area contributed by atoms with E-state index in [0.29, 0.717) is 28.0 Å². The van der Waals surface area contributed by atoms with E-state index in [1.807, 2.05) is 0 Å². The Morgan fingerprint density at radius 1 is 1.16 bits per heavy atom. The number of rotatable bonds is 4. The largest absolute Gasteiger partial charge is 0.495 e. The lowest BCUT2D eigenvalue weighted by Crippen LogP contribution is -2.28. The Kier molecular flexibility index (Phi) is 5.16. The van der Waals surface area contributed by atoms with Crippen molar-refractivity contribution < 1.29 is 14.3 Å². The van der Waals surface area contributed by atoms with Gasteiger partial charge in [-0.05, 0) is 42.5 Å². The molecule has 1 fully saturated rings. The number of carbonyl (C=O) groups excluding carboxylic acids is 2. The molecule has 1 unspecified atom stereocenters. The standard InChI is InChI=1S/C18H16Cl2N2O3/c1-25-16-7-4-13(20)9-15(16)21-18(24)11-8-17(23)22(10-11)14-5-2-12(19)3-6-14/h2-7,9,11H,8,10H2,1H3,(H,21,24). The van der Waals surface area contributed by atoms with Crippen molar-refractivity contribution >= 4 is 46.4 Å². The van der Waals surface area contributed by atoms with E-state index in [1.165, 1.54) is 7.11 Å². The summed E-state index contributed by atoms with van der Waals surface area (Å²) in [4.78, 5) is 26.4. The predicted molar refractivity (Wildman–Crippen MR) is 98.5 cm³/mol. The van der Waals surface area contributed by atoms with Crippen molar-refractivity contribution in [3.63, 3.8) is 0 Å². The molecule has 1 N–H and O–H groups in total. The number of hydrogen-bond acceptors (Lipinski definition) is 3. The molecule has 5 nitrogen and oxygen atoms in total. The van der Waals surface area contributed by atoms with Crippen molar-refractivity contribution in [1.82, 2.24) is 0 Å². The van der Waals surface area contributed by atoms with Gasteiger partial charge in [0.05, 0.1) is 18.7 Å². The first kappa shape index (κ1) is 17.6. The van der Waals surface area contributed by atoms with Crippen LogP contribution < -0.4 is 15.0 Å². The fourth-order valence-electron chi connectivity index (χ4n) is 2.77. The lowest BCUT2D eigenvalue weighted by molar-refractivity contribution is -0.122. The van der Waals surface area contributed by atoms with Crippen LogP contribution in [0.15, 0.2) is 42.5 Å². The van der Waals surface area contributed by atoms with Crippen LogP contribution in [0.5, 0.6) is 5.75 Å². The summed E-state index contributed by atoms with van der Waals surface area (Å²) in [6, 6.07) is 11.9. The van der Waals surface area contributed by atoms with Crippen LogP contribution in [-0.4, -0.2) is 25.5 Å². The number of amides is 2. The molecule has 2 amide bonds. The van der Waals surface area contributed by atoms with Crippen LogP contribution in [-0.2, 0) is 9.59 Å². The van der Waals surface area contributed by atoms with Crippen molar-refractivity contribution in [3.8, 4) is 5.75 Å². The summed E-state index contributed by atoms with van der Waals surface area (Å²) in [6.07, 6.45) is 0.150. The van der Waals surface area contributed by atoms with E-state index in [0.717, 1.165) is 5.69 Å². The van der Waals surface area contributed by atoms with E-state index < -0.39 is 5.92 Å². The highest BCUT2D eigenvalue weighted by atomic mass is 35.5. The number of ether oxygens (including phenoxy) is 1. The number of nitrogens with zero attached hydrogens (tertiary/aromatic N) is 1. The first-order valence-electron chi connectivity index (χ1n) is 7.68. The zero-order valence-corrected chi connectivity index (χ0v) is 15.0. The smallest absolute Gasteiger partial charge is 0.229 e. The van der Waals surface area contributed by atoms with E-state index in [9.17, 15) is 9.59 Å². The van der Waals surface area contributed by atoms with Gasteiger partial charge in [-0.2, -0.15) is 0 Å². The molecule has 3 rings (SSSR count). The lowest BCUT2D eigenvalue weighted by Gasteiger charge is -2.17. The summed E-state index contributed by atoms with van der Waals surface area (Å²) < 4.78 is 5.22. The summed E-state index contributed by atoms with van der Waals surface area (Å²) in [6.45, 7) is 0.315. The third-order valence-corrected chi connectivity index (χ3v) is 4.54. The molecule has 1 heterocycles. The van der Waals surface area contributed by atoms with Gasteiger partial charge >= 0.3 is 0 Å². The quantitative estimate of drug-likeness (QED) is 0.874. The molecule has 0 radical (unpaired) electrons. The van der Waals surface area contributed by atoms with E-state index in [2.05, 4.69) is 5.32 Å². The molecule has 1 aliphatic rings. The molecule has 130 valence electrons. The summed E-state index contributed by atoms with van der Waals surface area (Å²) in [5.41, 5.74) is 1.21. The maximum absolute atomic E-state index is 12.6. The highest BCUT2D eigenvalue weighted by Gasteiger charge is 2.35. The monoisotopic (exact) mass is 378 g/mol. The van der Waals surface area contributed by atoms with Crippen LogP contribution in [0.3, 0.4) is 0 Å². The molecule has 1 aliphatic heterocycles. The molecule has 0 bridgehead atoms. The molecule has 0 aliphatic carbocycles. The fourth-order valence-corrected chi connectivity index (χ4v) is 3.06. The normalized spacial score (nSPS) is 16.8. The van der Waals surface area contributed by atoms with Gasteiger partial charge in [0.1, 0.15) is 5.75 Å². The molecule has 0 spiro atoms. The molecule has 1 saturated heterocycles. The Balaban J connectivity index is 1.73. The van der Waals surface area contributed by atoms with Gasteiger partial charge in [-0.15, -0.1) is 0 Å². The first-order chi connectivity index (χ1) is 12.0. The number of methoxy groups -OCH3 is 1. The van der Waals surface area contributed by atoms with Crippen LogP contribution in [0.1, 0.15) is 6.42 Å². The number of carbonyl (C=O) groups is 2. The van der Waals surface area contributed by atoms with E-state index >= 15 is 0 Å². The molecule has 0 saturated carbocycles. The topological polar surface area (TPSA) is 58.6 Å². The van der Waals surface area contributed by atoms with Gasteiger partial charge in [0, 0.05) is 28.7 Å². The first-order valence-corrected chi connectivity index (χ1v) is 8.44. The highest BCUT2D eigenvalue weighted by Crippen LogP contribution is 2.30. The second kappa shape index (κ2) is 7.33. The average Bonchev–Trinajstić information content (AvgIpc) is 2.98. The van der Waals surface area contributed by atoms with Crippen LogP contribution in [0.2, 0.25) is 10.0 Å². The van der Waals surface area contributed by atoms with Crippen LogP contribution in [0, 0.1) is 5.92 Å². The van der Waals surface area contributed by atoms with Gasteiger partial charge in [-0.25, -0.2) is 0 Å². The molecule has 2 aromatic carbocycles. The molecule has 7 heteroatoms. The maximum atomic E-state index is 12.6. The minimum Gasteiger partial charge on any atom is -0.495 e. The summed E-state index contributed by atoms with van der Waals surface area (Å²) in [5, 5.41) is 3.88. The van der Waals surface area contributed by atoms with E-state index in [4.69, 9.17) is 27.9 Å². The van der Waals surface area contributed by atoms with Gasteiger partial charge in [0.2, 0.25) is 11.8 Å². The number of halogens is 2. The molecule has 25 heavy (non-hydrogen) atoms. The predicted octanol–water partition coefficient (Wildman–Crippen LogP) is 3.99. The Morgan fingerprint density at radius 3 is 2.52 bits per heavy atom. The number of benzene rings is 2. The SMILES string of the molecule is COc1ccc(Cl)cc1NC(=O)C1CC(=O)N(c2ccc(Cl)cc2)C1. The van der Waals surface area contributed by atoms with Crippen molar-refractivity contribution in [1.29, 1.82) is 0 Å². The zero-order chi connectivity index (χ0) is 18.0. The summed E-state index contributed by atoms with van der Waals surface area (Å²) >= 11 is 11.9. The van der Waals surface area contributed by atoms with Crippen LogP contribution in [0.4, 0.5) is 11.4 Å². The third-order valence-electron chi connectivity index (χ3n) is 4.05. The van der Waals surface area contributed by atoms with Gasteiger partial charge in [-0.3, -0.25) is 9.59 Å². The fraction of sp³-hybridized carbons (Fsp3) is 0.222. The molecular weight excluding hydrogens is 363 g/mol. The Morgan fingerprint density at radius 2 is 1.84 bits per heavy atom. The Labute approximate surface area is 155 Å². The van der Waals surface area contributed by atoms with Crippen molar-refractivity contribution in [2.24, 2.45) is 5.92 Å². The minimum atomic E-state index is -0.452. The molecule has 0 aromatic heterocycles. The average molecular weight is 379 g/mol. The summed E-state index contributed by atoms with van der Waals surface area (Å²) in [7, 11) is 1.51. The van der Waals surface area contributed by atoms with Crippen molar-refractivity contribution in [3.05, 3.63) is 52.5 Å². The van der Waals surface area contributed by atoms with Crippen LogP contribution >= 0.6 is 23.2 Å². The Hall–Kier alpha value is -2.24. The number of hydrogen-bond donors (Lipinski definition) is 1. The zero-order valence-electron chi connectivity index (χ0n) is 13.5. The number of nitrogens with one attached hydrogen (secondary N) is 1. The second-order valence-electron chi connectivity index (χ2n) is 5.72.